The van der Waals surface area contributed by atoms with Gasteiger partial charge in [-0.3, -0.25) is 4.79 Å². The number of pyridine rings is 1. The van der Waals surface area contributed by atoms with Crippen molar-refractivity contribution in [2.75, 3.05) is 27.7 Å². The number of rotatable bonds is 5. The molecular formula is C31H30N4O3S2. The maximum Gasteiger partial charge on any atom is 0.269 e. The lowest BCUT2D eigenvalue weighted by atomic mass is 9.95. The fourth-order valence-corrected chi connectivity index (χ4v) is 7.41. The smallest absolute Gasteiger partial charge is 0.269 e. The Balaban J connectivity index is 1.53. The Labute approximate surface area is 238 Å². The SMILES string of the molecule is Cc1ccc(S(=O)(=O)n2cc(-c3csc(C(=O)N(C)C)c3)c3cc(-c4ccc5c(c4)CN(C)CC5)cnc32)cc1. The molecule has 7 nitrogen and oxygen atoms in total. The van der Waals surface area contributed by atoms with Crippen molar-refractivity contribution in [1.82, 2.24) is 18.8 Å². The molecule has 0 N–H and O–H groups in total. The Morgan fingerprint density at radius 2 is 1.75 bits per heavy atom. The molecule has 40 heavy (non-hydrogen) atoms. The van der Waals surface area contributed by atoms with Gasteiger partial charge in [-0.05, 0) is 78.4 Å². The van der Waals surface area contributed by atoms with E-state index in [-0.39, 0.29) is 10.8 Å². The molecule has 0 unspecified atom stereocenters. The first-order chi connectivity index (χ1) is 19.1. The molecule has 0 atom stereocenters. The molecule has 0 saturated carbocycles. The fraction of sp³-hybridized carbons (Fsp3) is 0.226. The molecule has 9 heteroatoms. The number of benzene rings is 2. The summed E-state index contributed by atoms with van der Waals surface area (Å²) in [5.74, 6) is -0.0925. The predicted octanol–water partition coefficient (Wildman–Crippen LogP) is 5.67. The van der Waals surface area contributed by atoms with Crippen molar-refractivity contribution >= 4 is 38.3 Å². The molecule has 5 aromatic rings. The van der Waals surface area contributed by atoms with Crippen LogP contribution >= 0.6 is 11.3 Å². The summed E-state index contributed by atoms with van der Waals surface area (Å²) in [5, 5.41) is 2.61. The van der Waals surface area contributed by atoms with Crippen LogP contribution in [0, 0.1) is 6.92 Å². The number of fused-ring (bicyclic) bond motifs is 2. The molecule has 1 amide bonds. The first kappa shape index (κ1) is 26.4. The van der Waals surface area contributed by atoms with E-state index in [2.05, 4.69) is 30.1 Å². The van der Waals surface area contributed by atoms with Crippen molar-refractivity contribution in [3.8, 4) is 22.3 Å². The summed E-state index contributed by atoms with van der Waals surface area (Å²) in [4.78, 5) is 22.0. The molecule has 4 heterocycles. The third-order valence-electron chi connectivity index (χ3n) is 7.46. The van der Waals surface area contributed by atoms with E-state index in [4.69, 9.17) is 4.98 Å². The van der Waals surface area contributed by atoms with Crippen molar-refractivity contribution in [3.63, 3.8) is 0 Å². The minimum Gasteiger partial charge on any atom is -0.344 e. The number of nitrogens with zero attached hydrogens (tertiary/aromatic N) is 4. The average molecular weight is 571 g/mol. The summed E-state index contributed by atoms with van der Waals surface area (Å²) in [7, 11) is 1.65. The van der Waals surface area contributed by atoms with Crippen molar-refractivity contribution in [3.05, 3.63) is 93.9 Å². The lowest BCUT2D eigenvalue weighted by molar-refractivity contribution is 0.0832. The number of hydrogen-bond acceptors (Lipinski definition) is 6. The van der Waals surface area contributed by atoms with E-state index < -0.39 is 10.0 Å². The average Bonchev–Trinajstić information content (AvgIpc) is 3.57. The molecule has 1 aliphatic rings. The van der Waals surface area contributed by atoms with Crippen molar-refractivity contribution in [2.45, 2.75) is 24.8 Å². The van der Waals surface area contributed by atoms with Gasteiger partial charge in [0.15, 0.2) is 5.65 Å². The molecule has 1 aliphatic heterocycles. The number of aromatic nitrogens is 2. The van der Waals surface area contributed by atoms with Crippen molar-refractivity contribution in [2.24, 2.45) is 0 Å². The van der Waals surface area contributed by atoms with Crippen LogP contribution in [0.1, 0.15) is 26.4 Å². The number of amides is 1. The summed E-state index contributed by atoms with van der Waals surface area (Å²) in [6.07, 6.45) is 4.40. The zero-order chi connectivity index (χ0) is 28.2. The topological polar surface area (TPSA) is 75.5 Å². The van der Waals surface area contributed by atoms with E-state index in [1.807, 2.05) is 24.4 Å². The Kier molecular flexibility index (Phi) is 6.60. The molecule has 204 valence electrons. The van der Waals surface area contributed by atoms with Crippen molar-refractivity contribution < 1.29 is 13.2 Å². The molecule has 2 aromatic carbocycles. The lowest BCUT2D eigenvalue weighted by Crippen LogP contribution is -2.26. The third-order valence-corrected chi connectivity index (χ3v) is 10.0. The first-order valence-corrected chi connectivity index (χ1v) is 15.4. The number of carbonyl (C=O) groups is 1. The van der Waals surface area contributed by atoms with Crippen LogP contribution in [0.3, 0.4) is 0 Å². The van der Waals surface area contributed by atoms with Crippen LogP contribution in [0.25, 0.3) is 33.3 Å². The standard InChI is InChI=1S/C31H30N4O3S2/c1-20-5-9-26(10-6-20)40(37,38)35-18-28(25-15-29(39-19-25)31(36)33(2)3)27-14-23(16-32-30(27)35)22-8-7-21-11-12-34(4)17-24(21)13-22/h5-10,13-16,18-19H,11-12,17H2,1-4H3. The van der Waals surface area contributed by atoms with Gasteiger partial charge < -0.3 is 9.80 Å². The highest BCUT2D eigenvalue weighted by Gasteiger charge is 2.25. The molecule has 0 aliphatic carbocycles. The van der Waals surface area contributed by atoms with Crippen LogP contribution in [0.2, 0.25) is 0 Å². The summed E-state index contributed by atoms with van der Waals surface area (Å²) in [5.41, 5.74) is 7.44. The summed E-state index contributed by atoms with van der Waals surface area (Å²) < 4.78 is 28.9. The molecule has 0 bridgehead atoms. The van der Waals surface area contributed by atoms with Crippen LogP contribution in [0.5, 0.6) is 0 Å². The number of likely N-dealkylation sites (N-methyl/N-ethyl adjacent to an activating group) is 1. The number of aryl methyl sites for hydroxylation is 1. The molecule has 6 rings (SSSR count). The second kappa shape index (κ2) is 9.99. The van der Waals surface area contributed by atoms with Gasteiger partial charge >= 0.3 is 0 Å². The molecule has 0 fully saturated rings. The first-order valence-electron chi connectivity index (χ1n) is 13.1. The highest BCUT2D eigenvalue weighted by Crippen LogP contribution is 2.37. The van der Waals surface area contributed by atoms with Crippen molar-refractivity contribution in [1.29, 1.82) is 0 Å². The second-order valence-electron chi connectivity index (χ2n) is 10.6. The van der Waals surface area contributed by atoms with E-state index in [9.17, 15) is 13.2 Å². The highest BCUT2D eigenvalue weighted by molar-refractivity contribution is 7.90. The van der Waals surface area contributed by atoms with Gasteiger partial charge in [-0.2, -0.15) is 0 Å². The second-order valence-corrected chi connectivity index (χ2v) is 13.3. The Bertz CT molecular complexity index is 1870. The summed E-state index contributed by atoms with van der Waals surface area (Å²) in [6, 6.07) is 17.2. The number of carbonyl (C=O) groups excluding carboxylic acids is 1. The van der Waals surface area contributed by atoms with Crippen LogP contribution in [-0.4, -0.2) is 60.8 Å². The van der Waals surface area contributed by atoms with E-state index in [0.29, 0.717) is 21.5 Å². The maximum absolute atomic E-state index is 13.8. The minimum atomic E-state index is -3.91. The predicted molar refractivity (Wildman–Crippen MR) is 160 cm³/mol. The Hall–Kier alpha value is -3.79. The quantitative estimate of drug-likeness (QED) is 0.272. The Morgan fingerprint density at radius 1 is 0.975 bits per heavy atom. The highest BCUT2D eigenvalue weighted by atomic mass is 32.2. The van der Waals surface area contributed by atoms with E-state index >= 15 is 0 Å². The normalized spacial score (nSPS) is 13.9. The summed E-state index contributed by atoms with van der Waals surface area (Å²) in [6.45, 7) is 3.86. The zero-order valence-corrected chi connectivity index (χ0v) is 24.5. The molecule has 0 saturated heterocycles. The monoisotopic (exact) mass is 570 g/mol. The van der Waals surface area contributed by atoms with Crippen LogP contribution in [0.15, 0.2) is 77.3 Å². The fourth-order valence-electron chi connectivity index (χ4n) is 5.16. The zero-order valence-electron chi connectivity index (χ0n) is 22.9. The van der Waals surface area contributed by atoms with Gasteiger partial charge in [-0.1, -0.05) is 29.8 Å². The van der Waals surface area contributed by atoms with E-state index in [1.54, 1.807) is 50.8 Å². The molecule has 3 aromatic heterocycles. The van der Waals surface area contributed by atoms with Gasteiger partial charge in [0.05, 0.1) is 9.77 Å². The van der Waals surface area contributed by atoms with Gasteiger partial charge in [-0.15, -0.1) is 11.3 Å². The lowest BCUT2D eigenvalue weighted by Gasteiger charge is -2.25. The largest absolute Gasteiger partial charge is 0.344 e. The van der Waals surface area contributed by atoms with Gasteiger partial charge in [0, 0.05) is 56.1 Å². The van der Waals surface area contributed by atoms with Gasteiger partial charge in [0.25, 0.3) is 15.9 Å². The molecule has 0 radical (unpaired) electrons. The van der Waals surface area contributed by atoms with E-state index in [0.717, 1.165) is 41.8 Å². The number of thiophene rings is 1. The van der Waals surface area contributed by atoms with E-state index in [1.165, 1.54) is 31.3 Å². The third kappa shape index (κ3) is 4.64. The van der Waals surface area contributed by atoms with Crippen LogP contribution < -0.4 is 0 Å². The maximum atomic E-state index is 13.8. The number of hydrogen-bond donors (Lipinski definition) is 0. The van der Waals surface area contributed by atoms with Crippen LogP contribution in [-0.2, 0) is 23.0 Å². The molecule has 0 spiro atoms. The summed E-state index contributed by atoms with van der Waals surface area (Å²) >= 11 is 1.35. The van der Waals surface area contributed by atoms with Crippen LogP contribution in [0.4, 0.5) is 0 Å². The minimum absolute atomic E-state index is 0.0925. The molecular weight excluding hydrogens is 541 g/mol. The van der Waals surface area contributed by atoms with Gasteiger partial charge in [-0.25, -0.2) is 17.4 Å². The van der Waals surface area contributed by atoms with Gasteiger partial charge in [0.1, 0.15) is 0 Å². The Morgan fingerprint density at radius 3 is 2.50 bits per heavy atom. The van der Waals surface area contributed by atoms with Gasteiger partial charge in [0.2, 0.25) is 0 Å².